The van der Waals surface area contributed by atoms with Crippen LogP contribution in [-0.2, 0) is 10.9 Å². The maximum Gasteiger partial charge on any atom is 0.419 e. The average Bonchev–Trinajstić information content (AvgIpc) is 2.89. The minimum absolute atomic E-state index is 0.000994. The third-order valence-electron chi connectivity index (χ3n) is 3.86. The number of hydrogen-bond acceptors (Lipinski definition) is 4. The first kappa shape index (κ1) is 17.1. The quantitative estimate of drug-likeness (QED) is 0.872. The van der Waals surface area contributed by atoms with Crippen molar-refractivity contribution in [2.24, 2.45) is 0 Å². The normalized spacial score (nSPS) is 23.0. The van der Waals surface area contributed by atoms with E-state index in [0.717, 1.165) is 6.07 Å². The van der Waals surface area contributed by atoms with Crippen molar-refractivity contribution in [1.29, 1.82) is 0 Å². The number of methoxy groups -OCH3 is 1. The van der Waals surface area contributed by atoms with Gasteiger partial charge in [-0.15, -0.1) is 0 Å². The summed E-state index contributed by atoms with van der Waals surface area (Å²) in [6, 6.07) is 5.13. The van der Waals surface area contributed by atoms with Gasteiger partial charge in [-0.2, -0.15) is 13.2 Å². The summed E-state index contributed by atoms with van der Waals surface area (Å²) in [4.78, 5) is 1.98. The zero-order valence-electron chi connectivity index (χ0n) is 12.3. The number of para-hydroxylation sites is 1. The molecule has 0 bridgehead atoms. The molecule has 1 aromatic carbocycles. The second-order valence-corrected chi connectivity index (χ2v) is 5.27. The van der Waals surface area contributed by atoms with Crippen LogP contribution in [0.25, 0.3) is 0 Å². The molecule has 0 amide bonds. The molecule has 1 aliphatic rings. The number of benzene rings is 1. The summed E-state index contributed by atoms with van der Waals surface area (Å²) in [5.74, 6) is -0.168. The second-order valence-electron chi connectivity index (χ2n) is 5.27. The van der Waals surface area contributed by atoms with Crippen LogP contribution in [0.15, 0.2) is 24.3 Å². The minimum atomic E-state index is -4.43. The van der Waals surface area contributed by atoms with E-state index >= 15 is 0 Å². The van der Waals surface area contributed by atoms with Crippen molar-refractivity contribution >= 4 is 0 Å². The second kappa shape index (κ2) is 7.30. The number of hydrogen-bond donors (Lipinski definition) is 1. The number of halogens is 3. The van der Waals surface area contributed by atoms with Gasteiger partial charge in [-0.1, -0.05) is 12.1 Å². The smallest absolute Gasteiger partial charge is 0.419 e. The van der Waals surface area contributed by atoms with Crippen LogP contribution in [0.1, 0.15) is 12.0 Å². The SMILES string of the molecule is CO[C@@H]1C[C@@H](CO)N(CCOc2ccccc2C(F)(F)F)C1. The zero-order valence-corrected chi connectivity index (χ0v) is 12.3. The summed E-state index contributed by atoms with van der Waals surface area (Å²) in [6.45, 7) is 1.21. The standard InChI is InChI=1S/C15H20F3NO3/c1-21-12-8-11(10-20)19(9-12)6-7-22-14-5-3-2-4-13(14)15(16,17)18/h2-5,11-12,20H,6-10H2,1H3/t11-,12+/m0/s1. The maximum absolute atomic E-state index is 12.9. The topological polar surface area (TPSA) is 41.9 Å². The molecule has 1 saturated heterocycles. The molecule has 0 aromatic heterocycles. The Kier molecular flexibility index (Phi) is 5.66. The molecule has 2 atom stereocenters. The summed E-state index contributed by atoms with van der Waals surface area (Å²) < 4.78 is 49.1. The lowest BCUT2D eigenvalue weighted by atomic mass is 10.2. The van der Waals surface area contributed by atoms with Crippen molar-refractivity contribution in [1.82, 2.24) is 4.90 Å². The molecule has 0 unspecified atom stereocenters. The van der Waals surface area contributed by atoms with Gasteiger partial charge in [-0.05, 0) is 18.6 Å². The monoisotopic (exact) mass is 319 g/mol. The van der Waals surface area contributed by atoms with Gasteiger partial charge in [0.1, 0.15) is 12.4 Å². The fourth-order valence-electron chi connectivity index (χ4n) is 2.67. The highest BCUT2D eigenvalue weighted by atomic mass is 19.4. The molecule has 7 heteroatoms. The number of likely N-dealkylation sites (tertiary alicyclic amines) is 1. The van der Waals surface area contributed by atoms with Gasteiger partial charge in [0, 0.05) is 26.2 Å². The molecular formula is C15H20F3NO3. The molecule has 0 radical (unpaired) electrons. The van der Waals surface area contributed by atoms with E-state index in [1.807, 2.05) is 4.90 Å². The van der Waals surface area contributed by atoms with Gasteiger partial charge in [0.15, 0.2) is 0 Å². The summed E-state index contributed by atoms with van der Waals surface area (Å²) in [5, 5.41) is 9.33. The molecule has 22 heavy (non-hydrogen) atoms. The van der Waals surface area contributed by atoms with Crippen LogP contribution in [0.2, 0.25) is 0 Å². The lowest BCUT2D eigenvalue weighted by molar-refractivity contribution is -0.139. The van der Waals surface area contributed by atoms with E-state index in [0.29, 0.717) is 19.5 Å². The van der Waals surface area contributed by atoms with Gasteiger partial charge in [-0.3, -0.25) is 4.90 Å². The van der Waals surface area contributed by atoms with E-state index in [1.54, 1.807) is 7.11 Å². The predicted molar refractivity (Wildman–Crippen MR) is 74.8 cm³/mol. The van der Waals surface area contributed by atoms with Crippen LogP contribution in [0.3, 0.4) is 0 Å². The van der Waals surface area contributed by atoms with E-state index in [4.69, 9.17) is 9.47 Å². The lowest BCUT2D eigenvalue weighted by Gasteiger charge is -2.22. The highest BCUT2D eigenvalue weighted by Crippen LogP contribution is 2.35. The molecule has 1 heterocycles. The summed E-state index contributed by atoms with van der Waals surface area (Å²) >= 11 is 0. The van der Waals surface area contributed by atoms with Crippen molar-refractivity contribution in [3.8, 4) is 5.75 Å². The van der Waals surface area contributed by atoms with E-state index in [2.05, 4.69) is 0 Å². The third kappa shape index (κ3) is 4.12. The number of aliphatic hydroxyl groups is 1. The van der Waals surface area contributed by atoms with Crippen LogP contribution < -0.4 is 4.74 Å². The molecule has 1 fully saturated rings. The van der Waals surface area contributed by atoms with E-state index in [9.17, 15) is 18.3 Å². The Labute approximate surface area is 127 Å². The van der Waals surface area contributed by atoms with Crippen LogP contribution in [0.5, 0.6) is 5.75 Å². The van der Waals surface area contributed by atoms with Gasteiger partial charge in [0.2, 0.25) is 0 Å². The molecule has 0 spiro atoms. The zero-order chi connectivity index (χ0) is 16.2. The summed E-state index contributed by atoms with van der Waals surface area (Å²) in [7, 11) is 1.61. The highest BCUT2D eigenvalue weighted by molar-refractivity contribution is 5.35. The van der Waals surface area contributed by atoms with Crippen molar-refractivity contribution in [2.75, 3.05) is 33.4 Å². The third-order valence-corrected chi connectivity index (χ3v) is 3.86. The van der Waals surface area contributed by atoms with Crippen molar-refractivity contribution in [3.63, 3.8) is 0 Å². The van der Waals surface area contributed by atoms with E-state index in [-0.39, 0.29) is 31.1 Å². The first-order chi connectivity index (χ1) is 10.5. The number of rotatable bonds is 6. The Morgan fingerprint density at radius 3 is 2.68 bits per heavy atom. The molecule has 124 valence electrons. The van der Waals surface area contributed by atoms with Gasteiger partial charge < -0.3 is 14.6 Å². The summed E-state index contributed by atoms with van der Waals surface area (Å²) in [6.07, 6.45) is -3.68. The van der Waals surface area contributed by atoms with Gasteiger partial charge in [0.05, 0.1) is 18.3 Å². The first-order valence-electron chi connectivity index (χ1n) is 7.12. The van der Waals surface area contributed by atoms with Gasteiger partial charge in [-0.25, -0.2) is 0 Å². The lowest BCUT2D eigenvalue weighted by Crippen LogP contribution is -2.35. The Hall–Kier alpha value is -1.31. The number of ether oxygens (including phenoxy) is 2. The molecule has 1 aromatic rings. The average molecular weight is 319 g/mol. The molecule has 2 rings (SSSR count). The largest absolute Gasteiger partial charge is 0.492 e. The molecule has 0 saturated carbocycles. The Balaban J connectivity index is 1.92. The Bertz CT molecular complexity index is 481. The predicted octanol–water partition coefficient (Wildman–Crippen LogP) is 2.17. The van der Waals surface area contributed by atoms with E-state index < -0.39 is 11.7 Å². The number of nitrogens with zero attached hydrogens (tertiary/aromatic N) is 1. The van der Waals surface area contributed by atoms with Crippen molar-refractivity contribution < 1.29 is 27.8 Å². The highest BCUT2D eigenvalue weighted by Gasteiger charge is 2.34. The number of alkyl halides is 3. The number of aliphatic hydroxyl groups excluding tert-OH is 1. The van der Waals surface area contributed by atoms with E-state index in [1.165, 1.54) is 18.2 Å². The van der Waals surface area contributed by atoms with Crippen LogP contribution >= 0.6 is 0 Å². The van der Waals surface area contributed by atoms with Crippen molar-refractivity contribution in [2.45, 2.75) is 24.7 Å². The van der Waals surface area contributed by atoms with Gasteiger partial charge in [0.25, 0.3) is 0 Å². The fraction of sp³-hybridized carbons (Fsp3) is 0.600. The van der Waals surface area contributed by atoms with Crippen LogP contribution in [0.4, 0.5) is 13.2 Å². The molecule has 1 aliphatic heterocycles. The maximum atomic E-state index is 12.9. The molecular weight excluding hydrogens is 299 g/mol. The van der Waals surface area contributed by atoms with Crippen molar-refractivity contribution in [3.05, 3.63) is 29.8 Å². The minimum Gasteiger partial charge on any atom is -0.492 e. The molecule has 0 aliphatic carbocycles. The first-order valence-corrected chi connectivity index (χ1v) is 7.12. The molecule has 1 N–H and O–H groups in total. The Morgan fingerprint density at radius 1 is 1.32 bits per heavy atom. The molecule has 4 nitrogen and oxygen atoms in total. The van der Waals surface area contributed by atoms with Crippen LogP contribution in [0, 0.1) is 0 Å². The fourth-order valence-corrected chi connectivity index (χ4v) is 2.67. The van der Waals surface area contributed by atoms with Gasteiger partial charge >= 0.3 is 6.18 Å². The van der Waals surface area contributed by atoms with Crippen LogP contribution in [-0.4, -0.2) is 55.6 Å². The summed E-state index contributed by atoms with van der Waals surface area (Å²) in [5.41, 5.74) is -0.773. The Morgan fingerprint density at radius 2 is 2.05 bits per heavy atom.